The van der Waals surface area contributed by atoms with Crippen LogP contribution in [0.3, 0.4) is 0 Å². The lowest BCUT2D eigenvalue weighted by atomic mass is 10.1. The summed E-state index contributed by atoms with van der Waals surface area (Å²) >= 11 is 1.52. The average molecular weight is 433 g/mol. The minimum atomic E-state index is -3.66. The fourth-order valence-corrected chi connectivity index (χ4v) is 5.18. The van der Waals surface area contributed by atoms with Crippen molar-refractivity contribution in [3.8, 4) is 0 Å². The van der Waals surface area contributed by atoms with Crippen molar-refractivity contribution in [3.63, 3.8) is 0 Å². The molecule has 2 aromatic rings. The van der Waals surface area contributed by atoms with Crippen LogP contribution in [0.5, 0.6) is 0 Å². The van der Waals surface area contributed by atoms with Crippen LogP contribution in [0.25, 0.3) is 0 Å². The maximum Gasteiger partial charge on any atom is 0.228 e. The van der Waals surface area contributed by atoms with E-state index < -0.39 is 9.84 Å². The van der Waals surface area contributed by atoms with E-state index in [0.29, 0.717) is 17.1 Å². The van der Waals surface area contributed by atoms with Crippen LogP contribution in [0, 0.1) is 5.92 Å². The number of rotatable bonds is 6. The second-order valence-electron chi connectivity index (χ2n) is 7.03. The second kappa shape index (κ2) is 9.00. The van der Waals surface area contributed by atoms with Crippen molar-refractivity contribution in [1.82, 2.24) is 0 Å². The standard InChI is InChI=1S/C21H24N2O4S2/c1-3-15-5-4-6-16(11-15)22-20(24)9-10-29(26,27)17-7-8-19-18(12-17)23-21(25)14(2)13-28-19/h4-8,11-12,14H,3,9-10,13H2,1-2H3,(H,22,24)(H,23,25). The van der Waals surface area contributed by atoms with Crippen molar-refractivity contribution >= 4 is 44.8 Å². The summed E-state index contributed by atoms with van der Waals surface area (Å²) in [4.78, 5) is 25.2. The molecule has 2 N–H and O–H groups in total. The van der Waals surface area contributed by atoms with Gasteiger partial charge in [-0.1, -0.05) is 26.0 Å². The van der Waals surface area contributed by atoms with E-state index in [1.807, 2.05) is 32.0 Å². The fraction of sp³-hybridized carbons (Fsp3) is 0.333. The molecule has 29 heavy (non-hydrogen) atoms. The third-order valence-corrected chi connectivity index (χ3v) is 7.77. The van der Waals surface area contributed by atoms with E-state index in [1.165, 1.54) is 23.9 Å². The summed E-state index contributed by atoms with van der Waals surface area (Å²) in [5.41, 5.74) is 2.26. The average Bonchev–Trinajstić information content (AvgIpc) is 2.84. The van der Waals surface area contributed by atoms with Gasteiger partial charge in [0, 0.05) is 28.7 Å². The molecule has 1 aliphatic heterocycles. The minimum absolute atomic E-state index is 0.104. The number of carbonyl (C=O) groups is 2. The van der Waals surface area contributed by atoms with Crippen LogP contribution in [0.4, 0.5) is 11.4 Å². The summed E-state index contributed by atoms with van der Waals surface area (Å²) in [6.07, 6.45) is 0.706. The molecule has 0 fully saturated rings. The Morgan fingerprint density at radius 1 is 1.24 bits per heavy atom. The molecule has 0 aliphatic carbocycles. The van der Waals surface area contributed by atoms with Gasteiger partial charge in [-0.15, -0.1) is 11.8 Å². The number of nitrogens with one attached hydrogen (secondary N) is 2. The molecule has 3 rings (SSSR count). The summed E-state index contributed by atoms with van der Waals surface area (Å²) in [5.74, 6) is -0.288. The summed E-state index contributed by atoms with van der Waals surface area (Å²) in [6.45, 7) is 3.86. The molecule has 0 aromatic heterocycles. The topological polar surface area (TPSA) is 92.3 Å². The Hall–Kier alpha value is -2.32. The van der Waals surface area contributed by atoms with Gasteiger partial charge in [-0.3, -0.25) is 9.59 Å². The highest BCUT2D eigenvalue weighted by Crippen LogP contribution is 2.34. The third kappa shape index (κ3) is 5.39. The van der Waals surface area contributed by atoms with E-state index in [0.717, 1.165) is 16.9 Å². The van der Waals surface area contributed by atoms with Crippen LogP contribution in [-0.4, -0.2) is 31.7 Å². The molecule has 2 amide bonds. The molecule has 1 heterocycles. The number of fused-ring (bicyclic) bond motifs is 1. The molecule has 2 aromatic carbocycles. The van der Waals surface area contributed by atoms with Crippen LogP contribution >= 0.6 is 11.8 Å². The lowest BCUT2D eigenvalue weighted by Gasteiger charge is -2.11. The zero-order valence-electron chi connectivity index (χ0n) is 16.4. The molecule has 0 bridgehead atoms. The van der Waals surface area contributed by atoms with Crippen LogP contribution < -0.4 is 10.6 Å². The smallest absolute Gasteiger partial charge is 0.228 e. The minimum Gasteiger partial charge on any atom is -0.326 e. The monoisotopic (exact) mass is 432 g/mol. The van der Waals surface area contributed by atoms with Gasteiger partial charge < -0.3 is 10.6 Å². The molecule has 1 atom stereocenters. The quantitative estimate of drug-likeness (QED) is 0.726. The zero-order chi connectivity index (χ0) is 21.0. The van der Waals surface area contributed by atoms with Gasteiger partial charge in [0.15, 0.2) is 9.84 Å². The SMILES string of the molecule is CCc1cccc(NC(=O)CCS(=O)(=O)c2ccc3c(c2)NC(=O)C(C)CS3)c1. The van der Waals surface area contributed by atoms with Gasteiger partial charge in [-0.25, -0.2) is 8.42 Å². The number of carbonyl (C=O) groups excluding carboxylic acids is 2. The largest absolute Gasteiger partial charge is 0.326 e. The Labute approximate surface area is 175 Å². The molecular weight excluding hydrogens is 408 g/mol. The molecule has 0 saturated heterocycles. The molecule has 6 nitrogen and oxygen atoms in total. The number of hydrogen-bond donors (Lipinski definition) is 2. The Morgan fingerprint density at radius 2 is 2.03 bits per heavy atom. The van der Waals surface area contributed by atoms with Crippen LogP contribution in [-0.2, 0) is 25.8 Å². The second-order valence-corrected chi connectivity index (χ2v) is 10.2. The predicted molar refractivity (Wildman–Crippen MR) is 116 cm³/mol. The first kappa shape index (κ1) is 21.4. The van der Waals surface area contributed by atoms with Crippen molar-refractivity contribution in [2.75, 3.05) is 22.1 Å². The van der Waals surface area contributed by atoms with Gasteiger partial charge in [0.05, 0.1) is 16.3 Å². The number of anilines is 2. The van der Waals surface area contributed by atoms with Crippen LogP contribution in [0.1, 0.15) is 25.8 Å². The first-order valence-corrected chi connectivity index (χ1v) is 12.1. The van der Waals surface area contributed by atoms with Gasteiger partial charge in [-0.05, 0) is 42.3 Å². The van der Waals surface area contributed by atoms with Crippen LogP contribution in [0.2, 0.25) is 0 Å². The number of sulfone groups is 1. The van der Waals surface area contributed by atoms with Gasteiger partial charge in [0.1, 0.15) is 0 Å². The number of benzene rings is 2. The zero-order valence-corrected chi connectivity index (χ0v) is 18.0. The molecule has 1 aliphatic rings. The van der Waals surface area contributed by atoms with Crippen molar-refractivity contribution < 1.29 is 18.0 Å². The summed E-state index contributed by atoms with van der Waals surface area (Å²) < 4.78 is 25.4. The van der Waals surface area contributed by atoms with E-state index in [2.05, 4.69) is 10.6 Å². The first-order chi connectivity index (χ1) is 13.8. The number of amides is 2. The van der Waals surface area contributed by atoms with E-state index in [9.17, 15) is 18.0 Å². The molecule has 0 spiro atoms. The maximum atomic E-state index is 12.7. The van der Waals surface area contributed by atoms with Gasteiger partial charge in [0.2, 0.25) is 11.8 Å². The molecule has 8 heteroatoms. The van der Waals surface area contributed by atoms with Crippen LogP contribution in [0.15, 0.2) is 52.3 Å². The molecule has 0 radical (unpaired) electrons. The molecule has 0 saturated carbocycles. The fourth-order valence-electron chi connectivity index (χ4n) is 2.91. The summed E-state index contributed by atoms with van der Waals surface area (Å²) in [6, 6.07) is 12.2. The van der Waals surface area contributed by atoms with Gasteiger partial charge in [0.25, 0.3) is 0 Å². The lowest BCUT2D eigenvalue weighted by molar-refractivity contribution is -0.118. The Balaban J connectivity index is 1.67. The first-order valence-electron chi connectivity index (χ1n) is 9.48. The highest BCUT2D eigenvalue weighted by atomic mass is 32.2. The molecule has 154 valence electrons. The normalized spacial score (nSPS) is 16.5. The highest BCUT2D eigenvalue weighted by molar-refractivity contribution is 7.99. The highest BCUT2D eigenvalue weighted by Gasteiger charge is 2.23. The van der Waals surface area contributed by atoms with E-state index >= 15 is 0 Å². The number of aryl methyl sites for hydroxylation is 1. The van der Waals surface area contributed by atoms with Crippen molar-refractivity contribution in [1.29, 1.82) is 0 Å². The van der Waals surface area contributed by atoms with Gasteiger partial charge in [-0.2, -0.15) is 0 Å². The summed E-state index contributed by atoms with van der Waals surface area (Å²) in [5, 5.41) is 5.54. The van der Waals surface area contributed by atoms with Crippen molar-refractivity contribution in [2.24, 2.45) is 5.92 Å². The Bertz CT molecular complexity index is 1030. The van der Waals surface area contributed by atoms with E-state index in [1.54, 1.807) is 12.1 Å². The van der Waals surface area contributed by atoms with Gasteiger partial charge >= 0.3 is 0 Å². The third-order valence-electron chi connectivity index (χ3n) is 4.72. The summed E-state index contributed by atoms with van der Waals surface area (Å²) in [7, 11) is -3.66. The molecular formula is C21H24N2O4S2. The number of hydrogen-bond acceptors (Lipinski definition) is 5. The van der Waals surface area contributed by atoms with Crippen molar-refractivity contribution in [2.45, 2.75) is 36.5 Å². The van der Waals surface area contributed by atoms with E-state index in [4.69, 9.17) is 0 Å². The Kier molecular flexibility index (Phi) is 6.64. The van der Waals surface area contributed by atoms with Crippen molar-refractivity contribution in [3.05, 3.63) is 48.0 Å². The maximum absolute atomic E-state index is 12.7. The lowest BCUT2D eigenvalue weighted by Crippen LogP contribution is -2.20. The van der Waals surface area contributed by atoms with E-state index in [-0.39, 0.29) is 34.8 Å². The number of thioether (sulfide) groups is 1. The molecule has 1 unspecified atom stereocenters. The predicted octanol–water partition coefficient (Wildman–Crippen LogP) is 3.73. The Morgan fingerprint density at radius 3 is 2.79 bits per heavy atom.